The zero-order chi connectivity index (χ0) is 36.8. The molecule has 9 atom stereocenters. The minimum atomic E-state index is -3.19. The molecule has 0 saturated heterocycles. The first-order valence-corrected chi connectivity index (χ1v) is 16.4. The Balaban J connectivity index is 2.90. The molecule has 1 saturated carbocycles. The molecule has 2 aliphatic rings. The Kier molecular flexibility index (Phi) is 13.9. The first-order valence-electron chi connectivity index (χ1n) is 16.4. The standard InChI is InChI=1S/C34H52O14/c1-9-12-13-14-16-21(36)30(40)47-27-25-24(19(5)26(27)46-29(39)18(4)11-3)28(38)34(44,33(8,43)31(41)42)22(45-23(37)15-10-2)17-32(25,7)48-20(6)35/h11,21-22,25-28,36,38,43-44H,9-10,12-17H2,1-8H3,(H,41,42)/b18-11-/t21-,22-,25+,26-,27-,28-,32-,33+,34+/m0/s1. The number of unbranched alkanes of at least 4 members (excludes halogenated alkanes) is 3. The predicted octanol–water partition coefficient (Wildman–Crippen LogP) is 2.42. The van der Waals surface area contributed by atoms with Gasteiger partial charge in [-0.2, -0.15) is 0 Å². The molecule has 2 rings (SSSR count). The Hall–Kier alpha value is -3.33. The van der Waals surface area contributed by atoms with Crippen molar-refractivity contribution in [1.82, 2.24) is 0 Å². The zero-order valence-electron chi connectivity index (χ0n) is 29.1. The highest BCUT2D eigenvalue weighted by atomic mass is 16.6. The summed E-state index contributed by atoms with van der Waals surface area (Å²) in [6.45, 7) is 11.2. The Morgan fingerprint density at radius 3 is 2.19 bits per heavy atom. The van der Waals surface area contributed by atoms with Crippen LogP contribution in [0.4, 0.5) is 0 Å². The number of carboxylic acid groups (broad SMARTS) is 1. The summed E-state index contributed by atoms with van der Waals surface area (Å²) >= 11 is 0. The molecule has 0 aromatic carbocycles. The molecule has 0 radical (unpaired) electrons. The number of aliphatic hydroxyl groups excluding tert-OH is 2. The highest BCUT2D eigenvalue weighted by Gasteiger charge is 2.71. The van der Waals surface area contributed by atoms with Crippen LogP contribution in [0.2, 0.25) is 0 Å². The second kappa shape index (κ2) is 16.4. The second-order valence-electron chi connectivity index (χ2n) is 13.1. The SMILES string of the molecule is C/C=C(/C)C(=O)O[C@H]1C(C)=C2[C@H]([C@@H]1OC(=O)[C@@H](O)CCCCCC)[C@@](C)(OC(C)=O)C[C@H](OC(=O)CCC)[C@](O)([C@](C)(O)C(=O)O)[C@H]2O. The van der Waals surface area contributed by atoms with Gasteiger partial charge < -0.3 is 44.5 Å². The summed E-state index contributed by atoms with van der Waals surface area (Å²) in [7, 11) is 0. The molecule has 0 aromatic heterocycles. The normalized spacial score (nSPS) is 30.8. The molecule has 5 N–H and O–H groups in total. The van der Waals surface area contributed by atoms with E-state index in [1.807, 2.05) is 6.92 Å². The molecule has 48 heavy (non-hydrogen) atoms. The maximum Gasteiger partial charge on any atom is 0.338 e. The molecule has 0 amide bonds. The number of fused-ring (bicyclic) bond motifs is 1. The van der Waals surface area contributed by atoms with E-state index in [-0.39, 0.29) is 29.6 Å². The number of carboxylic acids is 1. The summed E-state index contributed by atoms with van der Waals surface area (Å²) < 4.78 is 22.9. The monoisotopic (exact) mass is 684 g/mol. The van der Waals surface area contributed by atoms with E-state index >= 15 is 0 Å². The molecular formula is C34H52O14. The van der Waals surface area contributed by atoms with Crippen molar-refractivity contribution in [2.24, 2.45) is 5.92 Å². The number of rotatable bonds is 15. The topological polar surface area (TPSA) is 223 Å². The summed E-state index contributed by atoms with van der Waals surface area (Å²) in [6, 6.07) is 0. The highest BCUT2D eigenvalue weighted by Crippen LogP contribution is 2.54. The van der Waals surface area contributed by atoms with Gasteiger partial charge in [-0.15, -0.1) is 0 Å². The molecule has 0 heterocycles. The Morgan fingerprint density at radius 2 is 1.67 bits per heavy atom. The van der Waals surface area contributed by atoms with Gasteiger partial charge in [-0.05, 0) is 58.6 Å². The van der Waals surface area contributed by atoms with Gasteiger partial charge in [-0.3, -0.25) is 9.59 Å². The van der Waals surface area contributed by atoms with Gasteiger partial charge in [-0.1, -0.05) is 45.6 Å². The summed E-state index contributed by atoms with van der Waals surface area (Å²) in [4.78, 5) is 64.3. The van der Waals surface area contributed by atoms with Crippen molar-refractivity contribution < 1.29 is 68.5 Å². The van der Waals surface area contributed by atoms with Gasteiger partial charge >= 0.3 is 29.8 Å². The number of carbonyl (C=O) groups excluding carboxylic acids is 4. The molecule has 272 valence electrons. The lowest BCUT2D eigenvalue weighted by molar-refractivity contribution is -0.247. The molecule has 14 nitrogen and oxygen atoms in total. The minimum absolute atomic E-state index is 0.0153. The summed E-state index contributed by atoms with van der Waals surface area (Å²) in [5, 5.41) is 56.4. The number of aliphatic carboxylic acids is 1. The average Bonchev–Trinajstić information content (AvgIpc) is 3.24. The fraction of sp³-hybridized carbons (Fsp3) is 0.735. The third-order valence-corrected chi connectivity index (χ3v) is 9.44. The van der Waals surface area contributed by atoms with Crippen molar-refractivity contribution in [3.8, 4) is 0 Å². The van der Waals surface area contributed by atoms with E-state index in [2.05, 4.69) is 0 Å². The predicted molar refractivity (Wildman–Crippen MR) is 169 cm³/mol. The Bertz CT molecular complexity index is 1280. The van der Waals surface area contributed by atoms with Crippen molar-refractivity contribution in [3.05, 3.63) is 22.8 Å². The van der Waals surface area contributed by atoms with Crippen LogP contribution in [0.5, 0.6) is 0 Å². The third kappa shape index (κ3) is 8.27. The van der Waals surface area contributed by atoms with Crippen molar-refractivity contribution >= 4 is 29.8 Å². The van der Waals surface area contributed by atoms with Gasteiger partial charge in [0.05, 0.1) is 5.92 Å². The van der Waals surface area contributed by atoms with Gasteiger partial charge in [0.15, 0.2) is 29.5 Å². The van der Waals surface area contributed by atoms with E-state index in [9.17, 15) is 49.5 Å². The van der Waals surface area contributed by atoms with Crippen LogP contribution in [0.1, 0.15) is 107 Å². The lowest BCUT2D eigenvalue weighted by atomic mass is 9.73. The Morgan fingerprint density at radius 1 is 1.04 bits per heavy atom. The largest absolute Gasteiger partial charge is 0.479 e. The van der Waals surface area contributed by atoms with E-state index in [0.717, 1.165) is 26.2 Å². The highest BCUT2D eigenvalue weighted by molar-refractivity contribution is 5.88. The van der Waals surface area contributed by atoms with Crippen molar-refractivity contribution in [2.45, 2.75) is 154 Å². The van der Waals surface area contributed by atoms with Crippen LogP contribution < -0.4 is 0 Å². The summed E-state index contributed by atoms with van der Waals surface area (Å²) in [6.07, 6.45) is -5.07. The zero-order valence-corrected chi connectivity index (χ0v) is 29.1. The number of ether oxygens (including phenoxy) is 4. The van der Waals surface area contributed by atoms with Crippen molar-refractivity contribution in [3.63, 3.8) is 0 Å². The molecule has 0 aliphatic heterocycles. The molecule has 0 bridgehead atoms. The van der Waals surface area contributed by atoms with Crippen LogP contribution >= 0.6 is 0 Å². The van der Waals surface area contributed by atoms with Gasteiger partial charge in [0, 0.05) is 25.3 Å². The molecule has 1 fully saturated rings. The first-order chi connectivity index (χ1) is 22.2. The van der Waals surface area contributed by atoms with E-state index in [1.54, 1.807) is 13.8 Å². The maximum absolute atomic E-state index is 13.4. The summed E-state index contributed by atoms with van der Waals surface area (Å²) in [5.74, 6) is -7.18. The number of carbonyl (C=O) groups is 5. The van der Waals surface area contributed by atoms with Crippen LogP contribution in [-0.2, 0) is 42.9 Å². The maximum atomic E-state index is 13.4. The van der Waals surface area contributed by atoms with E-state index in [0.29, 0.717) is 19.8 Å². The number of allylic oxidation sites excluding steroid dienone is 1. The van der Waals surface area contributed by atoms with E-state index in [4.69, 9.17) is 18.9 Å². The van der Waals surface area contributed by atoms with Crippen LogP contribution in [0.15, 0.2) is 22.8 Å². The van der Waals surface area contributed by atoms with Crippen molar-refractivity contribution in [1.29, 1.82) is 0 Å². The molecule has 0 spiro atoms. The number of hydrogen-bond acceptors (Lipinski definition) is 13. The van der Waals surface area contributed by atoms with E-state index in [1.165, 1.54) is 26.8 Å². The number of hydrogen-bond donors (Lipinski definition) is 5. The molecule has 14 heteroatoms. The third-order valence-electron chi connectivity index (χ3n) is 9.44. The molecule has 0 unspecified atom stereocenters. The lowest BCUT2D eigenvalue weighted by Gasteiger charge is -2.45. The molecule has 2 aliphatic carbocycles. The fourth-order valence-corrected chi connectivity index (χ4v) is 6.58. The quantitative estimate of drug-likeness (QED) is 0.0550. The number of esters is 4. The first kappa shape index (κ1) is 40.8. The van der Waals surface area contributed by atoms with Gasteiger partial charge in [0.2, 0.25) is 0 Å². The van der Waals surface area contributed by atoms with Crippen LogP contribution in [0.25, 0.3) is 0 Å². The van der Waals surface area contributed by atoms with Crippen LogP contribution in [-0.4, -0.2) is 103 Å². The van der Waals surface area contributed by atoms with Crippen LogP contribution in [0.3, 0.4) is 0 Å². The molecule has 0 aromatic rings. The van der Waals surface area contributed by atoms with Gasteiger partial charge in [0.25, 0.3) is 0 Å². The van der Waals surface area contributed by atoms with Crippen LogP contribution in [0, 0.1) is 5.92 Å². The Labute approximate surface area is 281 Å². The van der Waals surface area contributed by atoms with E-state index < -0.39 is 89.5 Å². The van der Waals surface area contributed by atoms with Gasteiger partial charge in [0.1, 0.15) is 17.8 Å². The summed E-state index contributed by atoms with van der Waals surface area (Å²) in [5.41, 5.74) is -8.48. The van der Waals surface area contributed by atoms with Gasteiger partial charge in [-0.25, -0.2) is 14.4 Å². The smallest absolute Gasteiger partial charge is 0.338 e. The fourth-order valence-electron chi connectivity index (χ4n) is 6.58. The number of aliphatic hydroxyl groups is 4. The second-order valence-corrected chi connectivity index (χ2v) is 13.1. The minimum Gasteiger partial charge on any atom is -0.479 e. The average molecular weight is 685 g/mol. The lowest BCUT2D eigenvalue weighted by Crippen LogP contribution is -2.70. The molecular weight excluding hydrogens is 632 g/mol. The van der Waals surface area contributed by atoms with Crippen molar-refractivity contribution in [2.75, 3.05) is 0 Å².